The van der Waals surface area contributed by atoms with Crippen LogP contribution in [-0.2, 0) is 0 Å². The SMILES string of the molecule is CCN1CCN(C(=NC)NC#N)CC1. The number of aliphatic imine (C=N–C) groups is 1. The van der Waals surface area contributed by atoms with E-state index in [0.717, 1.165) is 32.7 Å². The molecule has 0 unspecified atom stereocenters. The summed E-state index contributed by atoms with van der Waals surface area (Å²) in [6.45, 7) is 7.23. The van der Waals surface area contributed by atoms with Crippen molar-refractivity contribution < 1.29 is 0 Å². The predicted octanol–water partition coefficient (Wildman–Crippen LogP) is -0.320. The quantitative estimate of drug-likeness (QED) is 0.270. The lowest BCUT2D eigenvalue weighted by Gasteiger charge is -2.35. The van der Waals surface area contributed by atoms with Crippen LogP contribution < -0.4 is 5.32 Å². The topological polar surface area (TPSA) is 54.7 Å². The largest absolute Gasteiger partial charge is 0.340 e. The van der Waals surface area contributed by atoms with Gasteiger partial charge in [0.15, 0.2) is 6.19 Å². The van der Waals surface area contributed by atoms with Crippen molar-refractivity contribution in [3.63, 3.8) is 0 Å². The molecule has 1 fully saturated rings. The molecule has 5 heteroatoms. The Morgan fingerprint density at radius 2 is 2.07 bits per heavy atom. The number of nitrogens with zero attached hydrogens (tertiary/aromatic N) is 4. The molecular weight excluding hydrogens is 178 g/mol. The number of likely N-dealkylation sites (N-methyl/N-ethyl adjacent to an activating group) is 1. The first-order valence-electron chi connectivity index (χ1n) is 4.91. The maximum absolute atomic E-state index is 8.52. The van der Waals surface area contributed by atoms with Crippen LogP contribution in [0.5, 0.6) is 0 Å². The molecule has 1 rings (SSSR count). The Labute approximate surface area is 85.0 Å². The minimum absolute atomic E-state index is 0.684. The van der Waals surface area contributed by atoms with Gasteiger partial charge < -0.3 is 9.80 Å². The Bertz CT molecular complexity index is 234. The molecule has 1 saturated heterocycles. The summed E-state index contributed by atoms with van der Waals surface area (Å²) in [4.78, 5) is 8.53. The van der Waals surface area contributed by atoms with Crippen LogP contribution in [0.15, 0.2) is 4.99 Å². The molecule has 0 atom stereocenters. The van der Waals surface area contributed by atoms with Gasteiger partial charge in [0, 0.05) is 33.2 Å². The second kappa shape index (κ2) is 5.45. The predicted molar refractivity (Wildman–Crippen MR) is 55.8 cm³/mol. The summed E-state index contributed by atoms with van der Waals surface area (Å²) in [6, 6.07) is 0. The van der Waals surface area contributed by atoms with E-state index in [4.69, 9.17) is 5.26 Å². The highest BCUT2D eigenvalue weighted by molar-refractivity contribution is 5.81. The smallest absolute Gasteiger partial charge is 0.207 e. The molecule has 1 heterocycles. The monoisotopic (exact) mass is 195 g/mol. The summed E-state index contributed by atoms with van der Waals surface area (Å²) in [7, 11) is 1.70. The number of nitrogens with one attached hydrogen (secondary N) is 1. The second-order valence-corrected chi connectivity index (χ2v) is 3.21. The van der Waals surface area contributed by atoms with E-state index in [1.54, 1.807) is 7.05 Å². The van der Waals surface area contributed by atoms with Gasteiger partial charge in [-0.05, 0) is 6.54 Å². The average molecular weight is 195 g/mol. The van der Waals surface area contributed by atoms with E-state index in [-0.39, 0.29) is 0 Å². The van der Waals surface area contributed by atoms with Crippen molar-refractivity contribution in [2.75, 3.05) is 39.8 Å². The highest BCUT2D eigenvalue weighted by Gasteiger charge is 2.17. The molecule has 78 valence electrons. The molecule has 0 amide bonds. The summed E-state index contributed by atoms with van der Waals surface area (Å²) in [5, 5.41) is 11.1. The molecule has 5 nitrogen and oxygen atoms in total. The number of hydrogen-bond acceptors (Lipinski definition) is 3. The van der Waals surface area contributed by atoms with E-state index in [0.29, 0.717) is 5.96 Å². The fourth-order valence-corrected chi connectivity index (χ4v) is 1.60. The van der Waals surface area contributed by atoms with Gasteiger partial charge in [-0.15, -0.1) is 0 Å². The minimum Gasteiger partial charge on any atom is -0.340 e. The van der Waals surface area contributed by atoms with E-state index in [9.17, 15) is 0 Å². The number of nitriles is 1. The normalized spacial score (nSPS) is 19.2. The summed E-state index contributed by atoms with van der Waals surface area (Å²) in [6.07, 6.45) is 1.91. The highest BCUT2D eigenvalue weighted by Crippen LogP contribution is 2.00. The Hall–Kier alpha value is -1.28. The Kier molecular flexibility index (Phi) is 4.20. The Balaban J connectivity index is 2.44. The van der Waals surface area contributed by atoms with E-state index in [1.807, 2.05) is 6.19 Å². The van der Waals surface area contributed by atoms with Crippen molar-refractivity contribution in [1.82, 2.24) is 15.1 Å². The van der Waals surface area contributed by atoms with Crippen LogP contribution in [0.25, 0.3) is 0 Å². The Morgan fingerprint density at radius 1 is 1.43 bits per heavy atom. The zero-order chi connectivity index (χ0) is 10.4. The molecular formula is C9H17N5. The molecule has 0 saturated carbocycles. The van der Waals surface area contributed by atoms with Gasteiger partial charge >= 0.3 is 0 Å². The second-order valence-electron chi connectivity index (χ2n) is 3.21. The molecule has 1 aliphatic heterocycles. The molecule has 0 aromatic rings. The van der Waals surface area contributed by atoms with Gasteiger partial charge in [-0.25, -0.2) is 0 Å². The average Bonchev–Trinajstić information content (AvgIpc) is 2.26. The highest BCUT2D eigenvalue weighted by atomic mass is 15.3. The molecule has 0 bridgehead atoms. The van der Waals surface area contributed by atoms with E-state index < -0.39 is 0 Å². The first-order chi connectivity index (χ1) is 6.81. The van der Waals surface area contributed by atoms with Crippen LogP contribution in [0.3, 0.4) is 0 Å². The molecule has 1 N–H and O–H groups in total. The van der Waals surface area contributed by atoms with Gasteiger partial charge in [-0.2, -0.15) is 5.26 Å². The van der Waals surface area contributed by atoms with Gasteiger partial charge in [0.25, 0.3) is 0 Å². The van der Waals surface area contributed by atoms with Crippen LogP contribution in [0, 0.1) is 11.5 Å². The minimum atomic E-state index is 0.684. The van der Waals surface area contributed by atoms with Crippen LogP contribution >= 0.6 is 0 Å². The molecule has 1 aliphatic rings. The van der Waals surface area contributed by atoms with Gasteiger partial charge in [0.2, 0.25) is 5.96 Å². The molecule has 0 aromatic carbocycles. The lowest BCUT2D eigenvalue weighted by molar-refractivity contribution is 0.187. The zero-order valence-corrected chi connectivity index (χ0v) is 8.82. The standard InChI is InChI=1S/C9H17N5/c1-3-13-4-6-14(7-5-13)9(11-2)12-8-10/h3-7H2,1-2H3,(H,11,12). The molecule has 0 aliphatic carbocycles. The molecule has 0 spiro atoms. The lowest BCUT2D eigenvalue weighted by Crippen LogP contribution is -2.51. The van der Waals surface area contributed by atoms with Crippen LogP contribution in [0.2, 0.25) is 0 Å². The Morgan fingerprint density at radius 3 is 2.50 bits per heavy atom. The third-order valence-corrected chi connectivity index (χ3v) is 2.50. The number of hydrogen-bond donors (Lipinski definition) is 1. The van der Waals surface area contributed by atoms with E-state index in [1.165, 1.54) is 0 Å². The summed E-state index contributed by atoms with van der Waals surface area (Å²) >= 11 is 0. The maximum Gasteiger partial charge on any atom is 0.207 e. The van der Waals surface area contributed by atoms with E-state index in [2.05, 4.69) is 27.0 Å². The van der Waals surface area contributed by atoms with Gasteiger partial charge in [-0.1, -0.05) is 6.92 Å². The molecule has 0 aromatic heterocycles. The zero-order valence-electron chi connectivity index (χ0n) is 8.82. The fraction of sp³-hybridized carbons (Fsp3) is 0.778. The lowest BCUT2D eigenvalue weighted by atomic mass is 10.3. The third kappa shape index (κ3) is 2.60. The van der Waals surface area contributed by atoms with Crippen molar-refractivity contribution in [1.29, 1.82) is 5.26 Å². The number of guanidine groups is 1. The van der Waals surface area contributed by atoms with Crippen molar-refractivity contribution >= 4 is 5.96 Å². The third-order valence-electron chi connectivity index (χ3n) is 2.50. The molecule has 14 heavy (non-hydrogen) atoms. The summed E-state index contributed by atoms with van der Waals surface area (Å²) in [5.74, 6) is 0.684. The van der Waals surface area contributed by atoms with E-state index >= 15 is 0 Å². The van der Waals surface area contributed by atoms with Gasteiger partial charge in [-0.3, -0.25) is 10.3 Å². The van der Waals surface area contributed by atoms with Crippen LogP contribution in [0.4, 0.5) is 0 Å². The fourth-order valence-electron chi connectivity index (χ4n) is 1.60. The first kappa shape index (κ1) is 10.8. The maximum atomic E-state index is 8.52. The first-order valence-corrected chi connectivity index (χ1v) is 4.91. The molecule has 0 radical (unpaired) electrons. The number of rotatable bonds is 1. The van der Waals surface area contributed by atoms with Gasteiger partial charge in [0.05, 0.1) is 0 Å². The van der Waals surface area contributed by atoms with Crippen molar-refractivity contribution in [2.24, 2.45) is 4.99 Å². The van der Waals surface area contributed by atoms with Gasteiger partial charge in [0.1, 0.15) is 0 Å². The summed E-state index contributed by atoms with van der Waals surface area (Å²) < 4.78 is 0. The van der Waals surface area contributed by atoms with Crippen molar-refractivity contribution in [2.45, 2.75) is 6.92 Å². The summed E-state index contributed by atoms with van der Waals surface area (Å²) in [5.41, 5.74) is 0. The van der Waals surface area contributed by atoms with Crippen LogP contribution in [0.1, 0.15) is 6.92 Å². The number of piperazine rings is 1. The van der Waals surface area contributed by atoms with Crippen molar-refractivity contribution in [3.05, 3.63) is 0 Å². The van der Waals surface area contributed by atoms with Crippen molar-refractivity contribution in [3.8, 4) is 6.19 Å². The van der Waals surface area contributed by atoms with Crippen LogP contribution in [-0.4, -0.2) is 55.5 Å².